The van der Waals surface area contributed by atoms with E-state index >= 15 is 0 Å². The number of carbonyl (C=O) groups is 1. The average molecular weight is 340 g/mol. The van der Waals surface area contributed by atoms with Crippen LogP contribution in [0.25, 0.3) is 0 Å². The van der Waals surface area contributed by atoms with E-state index in [1.165, 1.54) is 12.1 Å². The van der Waals surface area contributed by atoms with Crippen LogP contribution in [0.3, 0.4) is 0 Å². The number of carbonyl (C=O) groups excluding carboxylic acids is 1. The van der Waals surface area contributed by atoms with Gasteiger partial charge in [0.05, 0.1) is 12.1 Å². The van der Waals surface area contributed by atoms with Crippen molar-refractivity contribution in [1.82, 2.24) is 0 Å². The van der Waals surface area contributed by atoms with Crippen LogP contribution in [0, 0.1) is 0 Å². The Balaban J connectivity index is 2.68. The number of benzene rings is 1. The number of alkyl halides is 3. The minimum atomic E-state index is -4.45. The maximum absolute atomic E-state index is 12.6. The van der Waals surface area contributed by atoms with Crippen molar-refractivity contribution in [3.8, 4) is 0 Å². The number of ketones is 1. The van der Waals surface area contributed by atoms with Crippen LogP contribution >= 0.6 is 15.9 Å². The van der Waals surface area contributed by atoms with E-state index in [2.05, 4.69) is 21.2 Å². The van der Waals surface area contributed by atoms with Gasteiger partial charge in [0.2, 0.25) is 0 Å². The summed E-state index contributed by atoms with van der Waals surface area (Å²) < 4.78 is 37.9. The number of aliphatic hydroxyl groups excluding tert-OH is 1. The summed E-state index contributed by atoms with van der Waals surface area (Å²) in [6.07, 6.45) is -3.89. The van der Waals surface area contributed by atoms with Crippen molar-refractivity contribution >= 4 is 27.4 Å². The summed E-state index contributed by atoms with van der Waals surface area (Å²) in [6.45, 7) is -0.138. The molecule has 2 N–H and O–H groups in total. The van der Waals surface area contributed by atoms with Crippen LogP contribution in [0.2, 0.25) is 0 Å². The Morgan fingerprint density at radius 1 is 1.37 bits per heavy atom. The van der Waals surface area contributed by atoms with E-state index in [9.17, 15) is 18.0 Å². The van der Waals surface area contributed by atoms with Gasteiger partial charge in [-0.3, -0.25) is 4.79 Å². The molecule has 7 heteroatoms. The molecule has 106 valence electrons. The van der Waals surface area contributed by atoms with Crippen molar-refractivity contribution in [3.05, 3.63) is 28.2 Å². The third-order valence-electron chi connectivity index (χ3n) is 2.38. The van der Waals surface area contributed by atoms with Crippen LogP contribution in [-0.2, 0) is 11.0 Å². The zero-order valence-electron chi connectivity index (χ0n) is 9.93. The fraction of sp³-hybridized carbons (Fsp3) is 0.417. The van der Waals surface area contributed by atoms with Gasteiger partial charge < -0.3 is 10.4 Å². The van der Waals surface area contributed by atoms with Gasteiger partial charge in [-0.2, -0.15) is 13.2 Å². The maximum Gasteiger partial charge on any atom is 0.417 e. The summed E-state index contributed by atoms with van der Waals surface area (Å²) in [7, 11) is 0. The molecule has 0 amide bonds. The Morgan fingerprint density at radius 2 is 2.05 bits per heavy atom. The quantitative estimate of drug-likeness (QED) is 0.836. The Labute approximate surface area is 116 Å². The van der Waals surface area contributed by atoms with Gasteiger partial charge >= 0.3 is 6.18 Å². The Kier molecular flexibility index (Phi) is 5.81. The van der Waals surface area contributed by atoms with Crippen LogP contribution in [0.5, 0.6) is 0 Å². The number of nitrogens with one attached hydrogen (secondary N) is 1. The second-order valence-electron chi connectivity index (χ2n) is 3.91. The molecule has 0 aliphatic carbocycles. The predicted octanol–water partition coefficient (Wildman–Crippen LogP) is 3.22. The van der Waals surface area contributed by atoms with E-state index in [1.807, 2.05) is 0 Å². The van der Waals surface area contributed by atoms with Gasteiger partial charge in [0.25, 0.3) is 0 Å². The number of hydrogen-bond acceptors (Lipinski definition) is 3. The molecule has 0 saturated heterocycles. The zero-order chi connectivity index (χ0) is 14.5. The third-order valence-corrected chi connectivity index (χ3v) is 3.07. The maximum atomic E-state index is 12.6. The van der Waals surface area contributed by atoms with E-state index in [1.54, 1.807) is 0 Å². The molecular formula is C12H13BrF3NO2. The first-order valence-corrected chi connectivity index (χ1v) is 6.37. The second-order valence-corrected chi connectivity index (χ2v) is 4.77. The van der Waals surface area contributed by atoms with Gasteiger partial charge in [0.1, 0.15) is 0 Å². The van der Waals surface area contributed by atoms with Crippen LogP contribution in [0.1, 0.15) is 18.4 Å². The zero-order valence-corrected chi connectivity index (χ0v) is 11.5. The molecule has 0 radical (unpaired) electrons. The lowest BCUT2D eigenvalue weighted by atomic mass is 10.2. The summed E-state index contributed by atoms with van der Waals surface area (Å²) in [5.74, 6) is -0.162. The van der Waals surface area contributed by atoms with Gasteiger partial charge in [-0.1, -0.05) is 15.9 Å². The van der Waals surface area contributed by atoms with Gasteiger partial charge in [0, 0.05) is 23.2 Å². The molecule has 19 heavy (non-hydrogen) atoms. The molecule has 0 aliphatic heterocycles. The van der Waals surface area contributed by atoms with Gasteiger partial charge in [-0.25, -0.2) is 0 Å². The van der Waals surface area contributed by atoms with Gasteiger partial charge in [0.15, 0.2) is 5.78 Å². The predicted molar refractivity (Wildman–Crippen MR) is 69.0 cm³/mol. The molecular weight excluding hydrogens is 327 g/mol. The molecule has 0 saturated carbocycles. The van der Waals surface area contributed by atoms with Crippen molar-refractivity contribution in [3.63, 3.8) is 0 Å². The summed E-state index contributed by atoms with van der Waals surface area (Å²) in [5.41, 5.74) is -0.562. The molecule has 0 aliphatic rings. The van der Waals surface area contributed by atoms with Crippen molar-refractivity contribution in [1.29, 1.82) is 0 Å². The van der Waals surface area contributed by atoms with Gasteiger partial charge in [-0.15, -0.1) is 0 Å². The van der Waals surface area contributed by atoms with E-state index in [0.29, 0.717) is 6.42 Å². The van der Waals surface area contributed by atoms with Crippen LogP contribution in [-0.4, -0.2) is 24.0 Å². The van der Waals surface area contributed by atoms with Gasteiger partial charge in [-0.05, 0) is 24.6 Å². The Morgan fingerprint density at radius 3 is 2.63 bits per heavy atom. The highest BCUT2D eigenvalue weighted by molar-refractivity contribution is 9.10. The number of anilines is 1. The highest BCUT2D eigenvalue weighted by Crippen LogP contribution is 2.36. The van der Waals surface area contributed by atoms with Crippen molar-refractivity contribution in [2.75, 3.05) is 18.5 Å². The largest absolute Gasteiger partial charge is 0.417 e. The minimum Gasteiger partial charge on any atom is -0.396 e. The highest BCUT2D eigenvalue weighted by atomic mass is 79.9. The fourth-order valence-electron chi connectivity index (χ4n) is 1.42. The number of hydrogen-bond donors (Lipinski definition) is 2. The van der Waals surface area contributed by atoms with Crippen molar-refractivity contribution in [2.45, 2.75) is 19.0 Å². The third kappa shape index (κ3) is 5.20. The van der Waals surface area contributed by atoms with Crippen molar-refractivity contribution in [2.24, 2.45) is 0 Å². The van der Waals surface area contributed by atoms with Crippen LogP contribution in [0.4, 0.5) is 18.9 Å². The molecule has 0 heterocycles. The molecule has 0 fully saturated rings. The fourth-order valence-corrected chi connectivity index (χ4v) is 1.89. The lowest BCUT2D eigenvalue weighted by Gasteiger charge is -2.12. The Bertz CT molecular complexity index is 449. The molecule has 0 unspecified atom stereocenters. The molecule has 0 bridgehead atoms. The van der Waals surface area contributed by atoms with Crippen molar-refractivity contribution < 1.29 is 23.1 Å². The Hall–Kier alpha value is -1.08. The van der Waals surface area contributed by atoms with E-state index in [0.717, 1.165) is 6.07 Å². The summed E-state index contributed by atoms with van der Waals surface area (Å²) in [5, 5.41) is 11.2. The van der Waals surface area contributed by atoms with Crippen LogP contribution in [0.15, 0.2) is 22.7 Å². The lowest BCUT2D eigenvalue weighted by molar-refractivity contribution is -0.138. The molecule has 1 aromatic carbocycles. The number of halogens is 4. The highest BCUT2D eigenvalue weighted by Gasteiger charge is 2.33. The second kappa shape index (κ2) is 6.91. The smallest absolute Gasteiger partial charge is 0.396 e. The molecule has 0 atom stereocenters. The summed E-state index contributed by atoms with van der Waals surface area (Å²) in [6, 6.07) is 3.69. The van der Waals surface area contributed by atoms with Crippen LogP contribution < -0.4 is 5.32 Å². The number of rotatable bonds is 6. The molecule has 0 spiro atoms. The summed E-state index contributed by atoms with van der Waals surface area (Å²) >= 11 is 2.84. The first-order valence-electron chi connectivity index (χ1n) is 5.57. The number of aliphatic hydroxyl groups is 1. The van der Waals surface area contributed by atoms with E-state index < -0.39 is 11.7 Å². The average Bonchev–Trinajstić information content (AvgIpc) is 2.34. The molecule has 1 rings (SSSR count). The van der Waals surface area contributed by atoms with E-state index in [-0.39, 0.29) is 35.5 Å². The first-order chi connectivity index (χ1) is 8.84. The lowest BCUT2D eigenvalue weighted by Crippen LogP contribution is -2.15. The minimum absolute atomic E-state index is 0.0443. The standard InChI is InChI=1S/C12H13BrF3NO2/c13-11-4-3-8(6-10(11)12(14,15)16)17-7-9(19)2-1-5-18/h3-4,6,17-18H,1-2,5,7H2. The topological polar surface area (TPSA) is 49.3 Å². The molecule has 3 nitrogen and oxygen atoms in total. The molecule has 1 aromatic rings. The number of Topliss-reactive ketones (excluding diaryl/α,β-unsaturated/α-hetero) is 1. The van der Waals surface area contributed by atoms with E-state index in [4.69, 9.17) is 5.11 Å². The normalized spacial score (nSPS) is 11.4. The SMILES string of the molecule is O=C(CCCO)CNc1ccc(Br)c(C(F)(F)F)c1. The first kappa shape index (κ1) is 16.0. The monoisotopic (exact) mass is 339 g/mol. The molecule has 0 aromatic heterocycles. The summed E-state index contributed by atoms with van der Waals surface area (Å²) in [4.78, 5) is 11.3.